The molecule has 4 N–H and O–H groups in total. The zero-order chi connectivity index (χ0) is 15.5. The molecular weight excluding hydrogens is 278 g/mol. The Balaban J connectivity index is 2.23. The third-order valence-corrected chi connectivity index (χ3v) is 3.03. The third kappa shape index (κ3) is 3.35. The molecule has 110 valence electrons. The Bertz CT molecular complexity index is 629. The molecule has 21 heavy (non-hydrogen) atoms. The quantitative estimate of drug-likeness (QED) is 0.880. The number of hydrogen-bond acceptors (Lipinski definition) is 3. The number of carbonyl (C=O) groups is 1. The summed E-state index contributed by atoms with van der Waals surface area (Å²) in [5, 5.41) is 0. The molecule has 2 aromatic carbocycles. The van der Waals surface area contributed by atoms with E-state index in [9.17, 15) is 13.6 Å². The lowest BCUT2D eigenvalue weighted by Gasteiger charge is -2.26. The second-order valence-electron chi connectivity index (χ2n) is 4.60. The van der Waals surface area contributed by atoms with Crippen molar-refractivity contribution in [2.45, 2.75) is 5.54 Å². The SMILES string of the molecule is NC(=O)C(N)(COc1cc(F)cc(F)c1)c1ccccc1. The van der Waals surface area contributed by atoms with Crippen LogP contribution in [0.15, 0.2) is 48.5 Å². The Kier molecular flexibility index (Phi) is 4.18. The molecule has 0 spiro atoms. The van der Waals surface area contributed by atoms with Gasteiger partial charge in [0.2, 0.25) is 5.91 Å². The maximum Gasteiger partial charge on any atom is 0.245 e. The van der Waals surface area contributed by atoms with Gasteiger partial charge in [0, 0.05) is 18.2 Å². The summed E-state index contributed by atoms with van der Waals surface area (Å²) in [4.78, 5) is 11.6. The van der Waals surface area contributed by atoms with Crippen molar-refractivity contribution in [2.24, 2.45) is 11.5 Å². The van der Waals surface area contributed by atoms with Crippen LogP contribution in [0.4, 0.5) is 8.78 Å². The Morgan fingerprint density at radius 1 is 1.10 bits per heavy atom. The molecule has 0 aliphatic rings. The van der Waals surface area contributed by atoms with Crippen molar-refractivity contribution in [2.75, 3.05) is 6.61 Å². The summed E-state index contributed by atoms with van der Waals surface area (Å²) in [5.74, 6) is -2.44. The van der Waals surface area contributed by atoms with E-state index in [-0.39, 0.29) is 12.4 Å². The van der Waals surface area contributed by atoms with Gasteiger partial charge in [0.1, 0.15) is 24.0 Å². The van der Waals surface area contributed by atoms with Crippen molar-refractivity contribution in [3.05, 3.63) is 65.7 Å². The highest BCUT2D eigenvalue weighted by atomic mass is 19.1. The van der Waals surface area contributed by atoms with Crippen LogP contribution in [0, 0.1) is 11.6 Å². The van der Waals surface area contributed by atoms with Crippen LogP contribution in [0.5, 0.6) is 5.75 Å². The molecule has 0 aliphatic heterocycles. The molecular formula is C15H14F2N2O2. The third-order valence-electron chi connectivity index (χ3n) is 3.03. The van der Waals surface area contributed by atoms with Crippen molar-refractivity contribution in [3.63, 3.8) is 0 Å². The number of nitrogens with two attached hydrogens (primary N) is 2. The van der Waals surface area contributed by atoms with Gasteiger partial charge in [-0.25, -0.2) is 8.78 Å². The Morgan fingerprint density at radius 2 is 1.67 bits per heavy atom. The minimum Gasteiger partial charge on any atom is -0.491 e. The summed E-state index contributed by atoms with van der Waals surface area (Å²) in [7, 11) is 0. The molecule has 0 radical (unpaired) electrons. The van der Waals surface area contributed by atoms with Crippen LogP contribution in [-0.4, -0.2) is 12.5 Å². The lowest BCUT2D eigenvalue weighted by atomic mass is 9.91. The van der Waals surface area contributed by atoms with Gasteiger partial charge >= 0.3 is 0 Å². The number of benzene rings is 2. The number of carbonyl (C=O) groups excluding carboxylic acids is 1. The average molecular weight is 292 g/mol. The molecule has 4 nitrogen and oxygen atoms in total. The van der Waals surface area contributed by atoms with Crippen molar-refractivity contribution in [3.8, 4) is 5.75 Å². The van der Waals surface area contributed by atoms with Gasteiger partial charge in [-0.05, 0) is 5.56 Å². The van der Waals surface area contributed by atoms with Gasteiger partial charge in [0.15, 0.2) is 5.54 Å². The molecule has 0 fully saturated rings. The minimum atomic E-state index is -1.59. The van der Waals surface area contributed by atoms with E-state index in [1.165, 1.54) is 0 Å². The van der Waals surface area contributed by atoms with Gasteiger partial charge in [-0.3, -0.25) is 4.79 Å². The van der Waals surface area contributed by atoms with Crippen LogP contribution >= 0.6 is 0 Å². The van der Waals surface area contributed by atoms with Crippen LogP contribution in [0.2, 0.25) is 0 Å². The maximum atomic E-state index is 13.1. The highest BCUT2D eigenvalue weighted by Crippen LogP contribution is 2.21. The molecule has 1 amide bonds. The highest BCUT2D eigenvalue weighted by molar-refractivity contribution is 5.86. The number of primary amides is 1. The fraction of sp³-hybridized carbons (Fsp3) is 0.133. The van der Waals surface area contributed by atoms with Crippen molar-refractivity contribution >= 4 is 5.91 Å². The lowest BCUT2D eigenvalue weighted by molar-refractivity contribution is -0.124. The second kappa shape index (κ2) is 5.88. The Hall–Kier alpha value is -2.47. The molecule has 2 rings (SSSR count). The van der Waals surface area contributed by atoms with Gasteiger partial charge in [-0.15, -0.1) is 0 Å². The average Bonchev–Trinajstić information content (AvgIpc) is 2.44. The minimum absolute atomic E-state index is 0.0699. The molecule has 2 aromatic rings. The fourth-order valence-corrected chi connectivity index (χ4v) is 1.84. The summed E-state index contributed by atoms with van der Waals surface area (Å²) in [6.07, 6.45) is 0. The van der Waals surface area contributed by atoms with Crippen LogP contribution < -0.4 is 16.2 Å². The van der Waals surface area contributed by atoms with Crippen LogP contribution in [0.3, 0.4) is 0 Å². The fourth-order valence-electron chi connectivity index (χ4n) is 1.84. The predicted molar refractivity (Wildman–Crippen MR) is 73.4 cm³/mol. The van der Waals surface area contributed by atoms with E-state index in [4.69, 9.17) is 16.2 Å². The summed E-state index contributed by atoms with van der Waals surface area (Å²) in [6, 6.07) is 11.1. The standard InChI is InChI=1S/C15H14F2N2O2/c16-11-6-12(17)8-13(7-11)21-9-15(19,14(18)20)10-4-2-1-3-5-10/h1-8H,9,19H2,(H2,18,20). The number of halogens is 2. The molecule has 0 saturated carbocycles. The molecule has 0 aliphatic carbocycles. The van der Waals surface area contributed by atoms with E-state index in [1.807, 2.05) is 0 Å². The maximum absolute atomic E-state index is 13.1. The topological polar surface area (TPSA) is 78.3 Å². The largest absolute Gasteiger partial charge is 0.491 e. The van der Waals surface area contributed by atoms with E-state index in [0.717, 1.165) is 12.1 Å². The number of amides is 1. The molecule has 1 atom stereocenters. The first-order chi connectivity index (χ1) is 9.91. The van der Waals surface area contributed by atoms with Gasteiger partial charge < -0.3 is 16.2 Å². The summed E-state index contributed by atoms with van der Waals surface area (Å²) in [5.41, 5.74) is 10.2. The van der Waals surface area contributed by atoms with E-state index in [1.54, 1.807) is 30.3 Å². The first-order valence-electron chi connectivity index (χ1n) is 6.15. The normalized spacial score (nSPS) is 13.5. The molecule has 1 unspecified atom stereocenters. The van der Waals surface area contributed by atoms with E-state index in [2.05, 4.69) is 0 Å². The Morgan fingerprint density at radius 3 is 2.19 bits per heavy atom. The zero-order valence-corrected chi connectivity index (χ0v) is 11.1. The van der Waals surface area contributed by atoms with Crippen LogP contribution in [0.1, 0.15) is 5.56 Å². The predicted octanol–water partition coefficient (Wildman–Crippen LogP) is 1.68. The number of ether oxygens (including phenoxy) is 1. The number of rotatable bonds is 5. The highest BCUT2D eigenvalue weighted by Gasteiger charge is 2.35. The van der Waals surface area contributed by atoms with E-state index < -0.39 is 23.1 Å². The summed E-state index contributed by atoms with van der Waals surface area (Å²) >= 11 is 0. The van der Waals surface area contributed by atoms with Gasteiger partial charge in [-0.1, -0.05) is 30.3 Å². The van der Waals surface area contributed by atoms with Crippen molar-refractivity contribution in [1.29, 1.82) is 0 Å². The molecule has 0 aromatic heterocycles. The first kappa shape index (κ1) is 14.9. The first-order valence-corrected chi connectivity index (χ1v) is 6.15. The molecule has 0 bridgehead atoms. The van der Waals surface area contributed by atoms with E-state index >= 15 is 0 Å². The summed E-state index contributed by atoms with van der Waals surface area (Å²) in [6.45, 7) is -0.338. The van der Waals surface area contributed by atoms with Crippen LogP contribution in [0.25, 0.3) is 0 Å². The summed E-state index contributed by atoms with van der Waals surface area (Å²) < 4.78 is 31.4. The van der Waals surface area contributed by atoms with Gasteiger partial charge in [-0.2, -0.15) is 0 Å². The second-order valence-corrected chi connectivity index (χ2v) is 4.60. The van der Waals surface area contributed by atoms with E-state index in [0.29, 0.717) is 11.6 Å². The molecule has 6 heteroatoms. The van der Waals surface area contributed by atoms with Crippen LogP contribution in [-0.2, 0) is 10.3 Å². The smallest absolute Gasteiger partial charge is 0.245 e. The monoisotopic (exact) mass is 292 g/mol. The van der Waals surface area contributed by atoms with Crippen molar-refractivity contribution < 1.29 is 18.3 Å². The van der Waals surface area contributed by atoms with Gasteiger partial charge in [0.05, 0.1) is 0 Å². The van der Waals surface area contributed by atoms with Gasteiger partial charge in [0.25, 0.3) is 0 Å². The zero-order valence-electron chi connectivity index (χ0n) is 11.1. The lowest BCUT2D eigenvalue weighted by Crippen LogP contribution is -2.53. The Labute approximate surface area is 120 Å². The number of hydrogen-bond donors (Lipinski definition) is 2. The van der Waals surface area contributed by atoms with Crippen molar-refractivity contribution in [1.82, 2.24) is 0 Å². The molecule has 0 heterocycles. The molecule has 0 saturated heterocycles.